The molecule has 0 aliphatic heterocycles. The molecule has 105 valence electrons. The fourth-order valence-electron chi connectivity index (χ4n) is 1.15. The normalized spacial score (nSPS) is 12.9. The Morgan fingerprint density at radius 1 is 1.26 bits per heavy atom. The van der Waals surface area contributed by atoms with E-state index >= 15 is 0 Å². The number of hydrogen-bond acceptors (Lipinski definition) is 1. The van der Waals surface area contributed by atoms with Gasteiger partial charge in [0.15, 0.2) is 5.60 Å². The average Bonchev–Trinajstić information content (AvgIpc) is 2.26. The lowest BCUT2D eigenvalue weighted by Crippen LogP contribution is -2.49. The van der Waals surface area contributed by atoms with E-state index in [1.54, 1.807) is 27.7 Å². The molecule has 2 N–H and O–H groups in total. The van der Waals surface area contributed by atoms with Crippen molar-refractivity contribution in [3.8, 4) is 0 Å². The second kappa shape index (κ2) is 5.77. The molecular formula is C13H18BClF2O2+. The molecule has 1 aromatic rings. The second-order valence-electron chi connectivity index (χ2n) is 5.45. The maximum absolute atomic E-state index is 12.6. The third kappa shape index (κ3) is 4.16. The van der Waals surface area contributed by atoms with Crippen LogP contribution in [0.3, 0.4) is 0 Å². The largest absolute Gasteiger partial charge is 0.439 e. The maximum atomic E-state index is 12.6. The van der Waals surface area contributed by atoms with Gasteiger partial charge < -0.3 is 9.76 Å². The van der Waals surface area contributed by atoms with Crippen molar-refractivity contribution < 1.29 is 18.5 Å². The van der Waals surface area contributed by atoms with Gasteiger partial charge in [-0.3, -0.25) is 0 Å². The average molecular weight is 291 g/mol. The SMILES string of the molecule is CC(C)([OH2+])C(C)(C)O[B]c1cc(C(F)F)ccc1Cl. The molecule has 2 nitrogen and oxygen atoms in total. The van der Waals surface area contributed by atoms with Crippen LogP contribution in [0.2, 0.25) is 5.02 Å². The lowest BCUT2D eigenvalue weighted by molar-refractivity contribution is -0.0893. The topological polar surface area (TPSA) is 32.1 Å². The lowest BCUT2D eigenvalue weighted by atomic mass is 9.82. The summed E-state index contributed by atoms with van der Waals surface area (Å²) in [5.74, 6) is 0. The molecule has 1 radical (unpaired) electrons. The van der Waals surface area contributed by atoms with Crippen LogP contribution in [-0.4, -0.2) is 23.8 Å². The van der Waals surface area contributed by atoms with Gasteiger partial charge in [-0.2, -0.15) is 0 Å². The van der Waals surface area contributed by atoms with E-state index in [9.17, 15) is 8.78 Å². The van der Waals surface area contributed by atoms with E-state index in [2.05, 4.69) is 0 Å². The maximum Gasteiger partial charge on any atom is 0.332 e. The van der Waals surface area contributed by atoms with Crippen LogP contribution in [0.15, 0.2) is 18.2 Å². The summed E-state index contributed by atoms with van der Waals surface area (Å²) in [6.45, 7) is 6.97. The molecule has 19 heavy (non-hydrogen) atoms. The quantitative estimate of drug-likeness (QED) is 0.606. The molecule has 0 amide bonds. The van der Waals surface area contributed by atoms with Crippen molar-refractivity contribution in [2.75, 3.05) is 0 Å². The van der Waals surface area contributed by atoms with Gasteiger partial charge in [-0.15, -0.1) is 0 Å². The Balaban J connectivity index is 2.86. The molecular weight excluding hydrogens is 272 g/mol. The smallest absolute Gasteiger partial charge is 0.332 e. The van der Waals surface area contributed by atoms with E-state index in [0.29, 0.717) is 10.5 Å². The molecule has 0 aliphatic rings. The summed E-state index contributed by atoms with van der Waals surface area (Å²) < 4.78 is 30.8. The Morgan fingerprint density at radius 3 is 2.32 bits per heavy atom. The predicted octanol–water partition coefficient (Wildman–Crippen LogP) is 2.82. The van der Waals surface area contributed by atoms with E-state index in [0.717, 1.165) is 0 Å². The van der Waals surface area contributed by atoms with Crippen molar-refractivity contribution in [1.29, 1.82) is 0 Å². The van der Waals surface area contributed by atoms with Gasteiger partial charge in [0.1, 0.15) is 5.60 Å². The Kier molecular flexibility index (Phi) is 4.99. The fourth-order valence-corrected chi connectivity index (χ4v) is 1.31. The van der Waals surface area contributed by atoms with Crippen molar-refractivity contribution >= 4 is 24.5 Å². The highest BCUT2D eigenvalue weighted by atomic mass is 35.5. The number of halogens is 3. The molecule has 0 spiro atoms. The summed E-state index contributed by atoms with van der Waals surface area (Å²) in [4.78, 5) is 0. The van der Waals surface area contributed by atoms with E-state index in [1.165, 1.54) is 25.7 Å². The third-order valence-corrected chi connectivity index (χ3v) is 3.60. The zero-order valence-electron chi connectivity index (χ0n) is 11.4. The van der Waals surface area contributed by atoms with Gasteiger partial charge in [-0.05, 0) is 25.4 Å². The highest BCUT2D eigenvalue weighted by Gasteiger charge is 2.40. The minimum Gasteiger partial charge on any atom is -0.439 e. The molecule has 0 bridgehead atoms. The van der Waals surface area contributed by atoms with Gasteiger partial charge in [-0.25, -0.2) is 8.78 Å². The van der Waals surface area contributed by atoms with Crippen LogP contribution < -0.4 is 5.46 Å². The van der Waals surface area contributed by atoms with Gasteiger partial charge in [0.05, 0.1) is 0 Å². The van der Waals surface area contributed by atoms with Crippen LogP contribution in [-0.2, 0) is 4.65 Å². The van der Waals surface area contributed by atoms with Gasteiger partial charge in [0.25, 0.3) is 6.43 Å². The van der Waals surface area contributed by atoms with Gasteiger partial charge in [0.2, 0.25) is 0 Å². The standard InChI is InChI=1S/C13H17BClF2O2/c1-12(2,18)13(3,4)19-14-9-7-8(11(16)17)5-6-10(9)15/h5-7,11,18H,1-4H3/p+1. The van der Waals surface area contributed by atoms with Crippen molar-refractivity contribution in [2.24, 2.45) is 0 Å². The van der Waals surface area contributed by atoms with Crippen molar-refractivity contribution in [3.05, 3.63) is 28.8 Å². The van der Waals surface area contributed by atoms with Crippen LogP contribution in [0.1, 0.15) is 39.7 Å². The molecule has 1 aromatic carbocycles. The van der Waals surface area contributed by atoms with Crippen molar-refractivity contribution in [2.45, 2.75) is 45.3 Å². The molecule has 0 aliphatic carbocycles. The first-order chi connectivity index (χ1) is 8.54. The summed E-state index contributed by atoms with van der Waals surface area (Å²) in [5, 5.41) is 8.30. The van der Waals surface area contributed by atoms with Crippen LogP contribution in [0.25, 0.3) is 0 Å². The first-order valence-corrected chi connectivity index (χ1v) is 6.26. The fraction of sp³-hybridized carbons (Fsp3) is 0.538. The Bertz CT molecular complexity index is 445. The van der Waals surface area contributed by atoms with Crippen molar-refractivity contribution in [1.82, 2.24) is 0 Å². The van der Waals surface area contributed by atoms with Crippen molar-refractivity contribution in [3.63, 3.8) is 0 Å². The zero-order valence-corrected chi connectivity index (χ0v) is 12.2. The number of rotatable bonds is 5. The number of alkyl halides is 2. The first-order valence-electron chi connectivity index (χ1n) is 5.88. The molecule has 0 saturated carbocycles. The lowest BCUT2D eigenvalue weighted by Gasteiger charge is -2.33. The first kappa shape index (κ1) is 16.4. The molecule has 0 aromatic heterocycles. The third-order valence-electron chi connectivity index (χ3n) is 3.26. The number of benzene rings is 1. The van der Waals surface area contributed by atoms with Gasteiger partial charge >= 0.3 is 7.48 Å². The molecule has 1 rings (SSSR count). The molecule has 0 saturated heterocycles. The highest BCUT2D eigenvalue weighted by Crippen LogP contribution is 2.25. The van der Waals surface area contributed by atoms with E-state index < -0.39 is 17.6 Å². The van der Waals surface area contributed by atoms with Gasteiger partial charge in [0, 0.05) is 24.4 Å². The summed E-state index contributed by atoms with van der Waals surface area (Å²) in [6, 6.07) is 3.99. The van der Waals surface area contributed by atoms with Crippen LogP contribution in [0.5, 0.6) is 0 Å². The molecule has 0 unspecified atom stereocenters. The monoisotopic (exact) mass is 290 g/mol. The predicted molar refractivity (Wildman–Crippen MR) is 74.7 cm³/mol. The molecule has 0 atom stereocenters. The van der Waals surface area contributed by atoms with E-state index in [-0.39, 0.29) is 5.56 Å². The number of hydrogen-bond donors (Lipinski definition) is 0. The molecule has 0 heterocycles. The minimum atomic E-state index is -2.55. The second-order valence-corrected chi connectivity index (χ2v) is 5.86. The Hall–Kier alpha value is -0.645. The van der Waals surface area contributed by atoms with Crippen LogP contribution in [0, 0.1) is 0 Å². The summed E-state index contributed by atoms with van der Waals surface area (Å²) in [7, 11) is 1.34. The highest BCUT2D eigenvalue weighted by molar-refractivity contribution is 6.53. The Morgan fingerprint density at radius 2 is 1.84 bits per heavy atom. The van der Waals surface area contributed by atoms with Crippen LogP contribution >= 0.6 is 11.6 Å². The van der Waals surface area contributed by atoms with Crippen LogP contribution in [0.4, 0.5) is 8.78 Å². The summed E-state index contributed by atoms with van der Waals surface area (Å²) in [6.07, 6.45) is -2.55. The molecule has 6 heteroatoms. The summed E-state index contributed by atoms with van der Waals surface area (Å²) in [5.41, 5.74) is -1.33. The van der Waals surface area contributed by atoms with E-state index in [4.69, 9.17) is 21.4 Å². The Labute approximate surface area is 118 Å². The molecule has 0 fully saturated rings. The zero-order chi connectivity index (χ0) is 14.8. The van der Waals surface area contributed by atoms with Gasteiger partial charge in [-0.1, -0.05) is 23.7 Å². The summed E-state index contributed by atoms with van der Waals surface area (Å²) >= 11 is 5.94. The minimum absolute atomic E-state index is 0.109. The van der Waals surface area contributed by atoms with E-state index in [1.807, 2.05) is 0 Å².